The highest BCUT2D eigenvalue weighted by molar-refractivity contribution is 7.09. The van der Waals surface area contributed by atoms with Crippen LogP contribution in [0.1, 0.15) is 10.4 Å². The van der Waals surface area contributed by atoms with Gasteiger partial charge < -0.3 is 14.6 Å². The van der Waals surface area contributed by atoms with Crippen LogP contribution in [0.4, 0.5) is 4.39 Å². The predicted octanol–water partition coefficient (Wildman–Crippen LogP) is 3.25. The van der Waals surface area contributed by atoms with Gasteiger partial charge in [0, 0.05) is 23.5 Å². The molecule has 1 amide bonds. The van der Waals surface area contributed by atoms with Gasteiger partial charge >= 0.3 is 0 Å². The van der Waals surface area contributed by atoms with E-state index in [4.69, 9.17) is 4.74 Å². The number of hydrogen-bond acceptors (Lipinski definition) is 3. The second-order valence-electron chi connectivity index (χ2n) is 5.27. The van der Waals surface area contributed by atoms with E-state index in [1.807, 2.05) is 35.3 Å². The number of carbonyl (C=O) groups is 1. The Labute approximate surface area is 137 Å². The van der Waals surface area contributed by atoms with Gasteiger partial charge in [-0.05, 0) is 29.1 Å². The summed E-state index contributed by atoms with van der Waals surface area (Å²) >= 11 is 1.60. The standard InChI is InChI=1S/C17H17FN2O2S/c1-20-10-11(8-15(21)19-9-12-4-3-7-23-12)16-14(20)6-5-13(18)17(16)22-2/h3-7,10H,8-9H2,1-2H3,(H,19,21). The second kappa shape index (κ2) is 6.42. The minimum Gasteiger partial charge on any atom is -0.493 e. The van der Waals surface area contributed by atoms with Crippen LogP contribution in [-0.4, -0.2) is 17.6 Å². The summed E-state index contributed by atoms with van der Waals surface area (Å²) in [6.07, 6.45) is 2.03. The third kappa shape index (κ3) is 3.07. The Morgan fingerprint density at radius 3 is 2.91 bits per heavy atom. The van der Waals surface area contributed by atoms with Crippen LogP contribution in [0.5, 0.6) is 5.75 Å². The third-order valence-electron chi connectivity index (χ3n) is 3.73. The van der Waals surface area contributed by atoms with E-state index >= 15 is 0 Å². The van der Waals surface area contributed by atoms with Crippen LogP contribution in [0.3, 0.4) is 0 Å². The summed E-state index contributed by atoms with van der Waals surface area (Å²) in [5.41, 5.74) is 1.59. The maximum atomic E-state index is 13.9. The summed E-state index contributed by atoms with van der Waals surface area (Å²) in [5, 5.41) is 5.51. The van der Waals surface area contributed by atoms with Crippen LogP contribution in [-0.2, 0) is 24.8 Å². The van der Waals surface area contributed by atoms with Crippen molar-refractivity contribution in [3.05, 3.63) is 52.1 Å². The fourth-order valence-electron chi connectivity index (χ4n) is 2.69. The van der Waals surface area contributed by atoms with Crippen LogP contribution in [0, 0.1) is 5.82 Å². The number of hydrogen-bond donors (Lipinski definition) is 1. The van der Waals surface area contributed by atoms with Crippen molar-refractivity contribution in [1.82, 2.24) is 9.88 Å². The third-order valence-corrected chi connectivity index (χ3v) is 4.61. The number of nitrogens with zero attached hydrogens (tertiary/aromatic N) is 1. The van der Waals surface area contributed by atoms with E-state index < -0.39 is 5.82 Å². The smallest absolute Gasteiger partial charge is 0.224 e. The van der Waals surface area contributed by atoms with Gasteiger partial charge in [0.15, 0.2) is 11.6 Å². The van der Waals surface area contributed by atoms with Crippen molar-refractivity contribution in [2.24, 2.45) is 7.05 Å². The lowest BCUT2D eigenvalue weighted by Crippen LogP contribution is -2.24. The minimum absolute atomic E-state index is 0.0998. The summed E-state index contributed by atoms with van der Waals surface area (Å²) in [6, 6.07) is 6.99. The first kappa shape index (κ1) is 15.6. The fraction of sp³-hybridized carbons (Fsp3) is 0.235. The second-order valence-corrected chi connectivity index (χ2v) is 6.31. The largest absolute Gasteiger partial charge is 0.493 e. The molecule has 120 valence electrons. The molecule has 3 rings (SSSR count). The SMILES string of the molecule is COc1c(F)ccc2c1c(CC(=O)NCc1cccs1)cn2C. The van der Waals surface area contributed by atoms with Crippen molar-refractivity contribution in [1.29, 1.82) is 0 Å². The van der Waals surface area contributed by atoms with Crippen molar-refractivity contribution in [2.45, 2.75) is 13.0 Å². The highest BCUT2D eigenvalue weighted by Gasteiger charge is 2.17. The molecule has 0 saturated carbocycles. The Morgan fingerprint density at radius 2 is 2.22 bits per heavy atom. The Hall–Kier alpha value is -2.34. The van der Waals surface area contributed by atoms with Gasteiger partial charge in [0.2, 0.25) is 5.91 Å². The number of nitrogens with one attached hydrogen (secondary N) is 1. The number of ether oxygens (including phenoxy) is 1. The van der Waals surface area contributed by atoms with Gasteiger partial charge in [-0.25, -0.2) is 4.39 Å². The molecular formula is C17H17FN2O2S. The summed E-state index contributed by atoms with van der Waals surface area (Å²) in [6.45, 7) is 0.507. The highest BCUT2D eigenvalue weighted by Crippen LogP contribution is 2.33. The molecule has 0 unspecified atom stereocenters. The molecule has 0 aliphatic carbocycles. The normalized spacial score (nSPS) is 10.9. The zero-order valence-electron chi connectivity index (χ0n) is 12.9. The first-order chi connectivity index (χ1) is 11.1. The van der Waals surface area contributed by atoms with E-state index in [1.54, 1.807) is 17.4 Å². The lowest BCUT2D eigenvalue weighted by atomic mass is 10.1. The van der Waals surface area contributed by atoms with Crippen LogP contribution in [0.15, 0.2) is 35.8 Å². The molecule has 2 aromatic heterocycles. The molecule has 0 radical (unpaired) electrons. The van der Waals surface area contributed by atoms with Crippen LogP contribution in [0.25, 0.3) is 10.9 Å². The van der Waals surface area contributed by atoms with Gasteiger partial charge in [0.05, 0.1) is 25.6 Å². The molecule has 0 fully saturated rings. The minimum atomic E-state index is -0.425. The molecule has 0 atom stereocenters. The van der Waals surface area contributed by atoms with Gasteiger partial charge in [-0.2, -0.15) is 0 Å². The van der Waals surface area contributed by atoms with Crippen LogP contribution in [0.2, 0.25) is 0 Å². The monoisotopic (exact) mass is 332 g/mol. The molecule has 23 heavy (non-hydrogen) atoms. The number of amides is 1. The van der Waals surface area contributed by atoms with Crippen molar-refractivity contribution in [3.63, 3.8) is 0 Å². The number of halogens is 1. The molecule has 0 aliphatic rings. The van der Waals surface area contributed by atoms with E-state index in [0.29, 0.717) is 11.9 Å². The van der Waals surface area contributed by atoms with Gasteiger partial charge in [-0.15, -0.1) is 11.3 Å². The number of carbonyl (C=O) groups excluding carboxylic acids is 1. The molecule has 0 aliphatic heterocycles. The molecule has 0 spiro atoms. The average Bonchev–Trinajstić information content (AvgIpc) is 3.14. The quantitative estimate of drug-likeness (QED) is 0.779. The molecular weight excluding hydrogens is 315 g/mol. The molecule has 2 heterocycles. The van der Waals surface area contributed by atoms with Crippen molar-refractivity contribution < 1.29 is 13.9 Å². The lowest BCUT2D eigenvalue weighted by molar-refractivity contribution is -0.120. The Bertz CT molecular complexity index is 840. The molecule has 0 bridgehead atoms. The lowest BCUT2D eigenvalue weighted by Gasteiger charge is -2.07. The topological polar surface area (TPSA) is 43.3 Å². The van der Waals surface area contributed by atoms with Crippen molar-refractivity contribution >= 4 is 28.1 Å². The molecule has 1 aromatic carbocycles. The number of aryl methyl sites for hydroxylation is 1. The average molecular weight is 332 g/mol. The van der Waals surface area contributed by atoms with E-state index in [2.05, 4.69) is 5.32 Å². The Morgan fingerprint density at radius 1 is 1.39 bits per heavy atom. The molecule has 0 saturated heterocycles. The zero-order chi connectivity index (χ0) is 16.4. The van der Waals surface area contributed by atoms with Crippen molar-refractivity contribution in [2.75, 3.05) is 7.11 Å². The number of benzene rings is 1. The van der Waals surface area contributed by atoms with Gasteiger partial charge in [0.1, 0.15) is 0 Å². The maximum Gasteiger partial charge on any atom is 0.224 e. The zero-order valence-corrected chi connectivity index (χ0v) is 13.7. The summed E-state index contributed by atoms with van der Waals surface area (Å²) in [5.74, 6) is -0.340. The van der Waals surface area contributed by atoms with E-state index in [1.165, 1.54) is 13.2 Å². The highest BCUT2D eigenvalue weighted by atomic mass is 32.1. The first-order valence-corrected chi connectivity index (χ1v) is 8.07. The maximum absolute atomic E-state index is 13.9. The summed E-state index contributed by atoms with van der Waals surface area (Å²) in [7, 11) is 3.30. The molecule has 4 nitrogen and oxygen atoms in total. The van der Waals surface area contributed by atoms with Gasteiger partial charge in [0.25, 0.3) is 0 Å². The van der Waals surface area contributed by atoms with Crippen LogP contribution < -0.4 is 10.1 Å². The Kier molecular flexibility index (Phi) is 4.34. The van der Waals surface area contributed by atoms with E-state index in [0.717, 1.165) is 16.0 Å². The van der Waals surface area contributed by atoms with Gasteiger partial charge in [-0.3, -0.25) is 4.79 Å². The Balaban J connectivity index is 1.84. The summed E-state index contributed by atoms with van der Waals surface area (Å²) in [4.78, 5) is 13.3. The number of rotatable bonds is 5. The number of methoxy groups -OCH3 is 1. The summed E-state index contributed by atoms with van der Waals surface area (Å²) < 4.78 is 21.0. The van der Waals surface area contributed by atoms with Crippen LogP contribution >= 0.6 is 11.3 Å². The number of thiophene rings is 1. The molecule has 1 N–H and O–H groups in total. The first-order valence-electron chi connectivity index (χ1n) is 7.19. The van der Waals surface area contributed by atoms with Gasteiger partial charge in [-0.1, -0.05) is 6.07 Å². The molecule has 6 heteroatoms. The number of aromatic nitrogens is 1. The van der Waals surface area contributed by atoms with E-state index in [9.17, 15) is 9.18 Å². The molecule has 3 aromatic rings. The van der Waals surface area contributed by atoms with E-state index in [-0.39, 0.29) is 18.1 Å². The predicted molar refractivity (Wildman–Crippen MR) is 89.3 cm³/mol. The number of fused-ring (bicyclic) bond motifs is 1. The van der Waals surface area contributed by atoms with Crippen molar-refractivity contribution in [3.8, 4) is 5.75 Å². The fourth-order valence-corrected chi connectivity index (χ4v) is 3.33.